The maximum Gasteiger partial charge on any atom is 0.245 e. The van der Waals surface area contributed by atoms with E-state index in [0.29, 0.717) is 31.1 Å². The molecule has 2 heterocycles. The molecule has 0 aromatic carbocycles. The summed E-state index contributed by atoms with van der Waals surface area (Å²) in [6, 6.07) is -0.0619. The number of hydrogen-bond donors (Lipinski definition) is 1. The zero-order valence-electron chi connectivity index (χ0n) is 14.0. The number of nitrogens with one attached hydrogen (secondary N) is 1. The van der Waals surface area contributed by atoms with Gasteiger partial charge >= 0.3 is 0 Å². The smallest absolute Gasteiger partial charge is 0.245 e. The highest BCUT2D eigenvalue weighted by Gasteiger charge is 2.36. The van der Waals surface area contributed by atoms with Gasteiger partial charge in [-0.1, -0.05) is 18.5 Å². The first-order valence-corrected chi connectivity index (χ1v) is 9.58. The fraction of sp³-hybridized carbons (Fsp3) is 0.857. The zero-order chi connectivity index (χ0) is 16.2. The van der Waals surface area contributed by atoms with Crippen molar-refractivity contribution in [3.63, 3.8) is 0 Å². The summed E-state index contributed by atoms with van der Waals surface area (Å²) in [5.41, 5.74) is 0. The molecule has 1 aromatic rings. The van der Waals surface area contributed by atoms with Gasteiger partial charge < -0.3 is 9.84 Å². The lowest BCUT2D eigenvalue weighted by Crippen LogP contribution is -2.39. The third kappa shape index (κ3) is 5.14. The van der Waals surface area contributed by atoms with E-state index in [0.717, 1.165) is 19.3 Å². The van der Waals surface area contributed by atoms with Gasteiger partial charge in [-0.05, 0) is 33.2 Å². The van der Waals surface area contributed by atoms with Gasteiger partial charge in [0.05, 0.1) is 5.75 Å². The van der Waals surface area contributed by atoms with Crippen molar-refractivity contribution in [1.82, 2.24) is 19.8 Å². The summed E-state index contributed by atoms with van der Waals surface area (Å²) in [7, 11) is -1.38. The van der Waals surface area contributed by atoms with E-state index in [9.17, 15) is 8.42 Å². The molecular weight excluding hydrogens is 340 g/mol. The highest BCUT2D eigenvalue weighted by molar-refractivity contribution is 7.89. The second-order valence-corrected chi connectivity index (χ2v) is 7.92. The molecule has 9 heteroatoms. The van der Waals surface area contributed by atoms with Crippen LogP contribution in [0.1, 0.15) is 57.3 Å². The van der Waals surface area contributed by atoms with Gasteiger partial charge in [0.2, 0.25) is 15.9 Å². The first-order valence-electron chi connectivity index (χ1n) is 7.97. The monoisotopic (exact) mass is 366 g/mol. The molecule has 1 fully saturated rings. The van der Waals surface area contributed by atoms with Crippen molar-refractivity contribution in [3.8, 4) is 0 Å². The average molecular weight is 367 g/mol. The minimum absolute atomic E-state index is 0. The number of hydrogen-bond acceptors (Lipinski definition) is 6. The minimum atomic E-state index is -3.26. The largest absolute Gasteiger partial charge is 0.338 e. The summed E-state index contributed by atoms with van der Waals surface area (Å²) >= 11 is 0. The van der Waals surface area contributed by atoms with Crippen LogP contribution in [0.25, 0.3) is 0 Å². The Bertz CT molecular complexity index is 578. The van der Waals surface area contributed by atoms with E-state index < -0.39 is 10.0 Å². The molecule has 0 radical (unpaired) electrons. The van der Waals surface area contributed by atoms with Crippen LogP contribution in [0.4, 0.5) is 0 Å². The van der Waals surface area contributed by atoms with E-state index in [1.54, 1.807) is 4.31 Å². The van der Waals surface area contributed by atoms with E-state index in [1.807, 2.05) is 20.9 Å². The number of piperidine rings is 1. The van der Waals surface area contributed by atoms with Crippen molar-refractivity contribution in [1.29, 1.82) is 0 Å². The second-order valence-electron chi connectivity index (χ2n) is 5.88. The third-order valence-electron chi connectivity index (χ3n) is 4.02. The van der Waals surface area contributed by atoms with Gasteiger partial charge in [-0.15, -0.1) is 12.4 Å². The Hall–Kier alpha value is -0.700. The first kappa shape index (κ1) is 20.3. The molecule has 0 amide bonds. The standard InChI is InChI=1S/C14H26N4O3S.ClH/c1-4-9-22(19,20)18-8-6-5-7-12(18)14-16-13(17-21-14)10-11(2)15-3;/h11-12,15H,4-10H2,1-3H3;1H. The number of halogens is 1. The van der Waals surface area contributed by atoms with Gasteiger partial charge in [0.1, 0.15) is 6.04 Å². The molecule has 2 atom stereocenters. The number of nitrogens with zero attached hydrogens (tertiary/aromatic N) is 3. The summed E-state index contributed by atoms with van der Waals surface area (Å²) in [6.45, 7) is 4.45. The molecule has 1 N–H and O–H groups in total. The Balaban J connectivity index is 0.00000264. The molecule has 1 aliphatic rings. The van der Waals surface area contributed by atoms with Gasteiger partial charge in [-0.3, -0.25) is 0 Å². The average Bonchev–Trinajstić information content (AvgIpc) is 2.95. The summed E-state index contributed by atoms with van der Waals surface area (Å²) in [5.74, 6) is 1.22. The van der Waals surface area contributed by atoms with Crippen LogP contribution in [0.5, 0.6) is 0 Å². The summed E-state index contributed by atoms with van der Waals surface area (Å²) in [4.78, 5) is 4.42. The SMILES string of the molecule is CCCS(=O)(=O)N1CCCCC1c1nc(CC(C)NC)no1.Cl. The highest BCUT2D eigenvalue weighted by atomic mass is 35.5. The molecule has 1 aliphatic heterocycles. The molecular formula is C14H27ClN4O3S. The highest BCUT2D eigenvalue weighted by Crippen LogP contribution is 2.32. The number of likely N-dealkylation sites (N-methyl/N-ethyl adjacent to an activating group) is 1. The van der Waals surface area contributed by atoms with Crippen molar-refractivity contribution >= 4 is 22.4 Å². The first-order chi connectivity index (χ1) is 10.5. The van der Waals surface area contributed by atoms with Gasteiger partial charge in [0.15, 0.2) is 5.82 Å². The van der Waals surface area contributed by atoms with Crippen molar-refractivity contribution in [2.75, 3.05) is 19.3 Å². The van der Waals surface area contributed by atoms with E-state index in [2.05, 4.69) is 15.5 Å². The molecule has 2 unspecified atom stereocenters. The Morgan fingerprint density at radius 1 is 1.43 bits per heavy atom. The topological polar surface area (TPSA) is 88.3 Å². The second kappa shape index (κ2) is 8.96. The molecule has 0 aliphatic carbocycles. The van der Waals surface area contributed by atoms with Gasteiger partial charge in [0, 0.05) is 19.0 Å². The van der Waals surface area contributed by atoms with Crippen LogP contribution < -0.4 is 5.32 Å². The third-order valence-corrected chi connectivity index (χ3v) is 6.10. The molecule has 0 spiro atoms. The molecule has 23 heavy (non-hydrogen) atoms. The van der Waals surface area contributed by atoms with Crippen LogP contribution in [-0.4, -0.2) is 48.3 Å². The van der Waals surface area contributed by atoms with Crippen LogP contribution in [0.3, 0.4) is 0 Å². The summed E-state index contributed by atoms with van der Waals surface area (Å²) < 4.78 is 31.8. The number of aromatic nitrogens is 2. The fourth-order valence-corrected chi connectivity index (χ4v) is 4.46. The molecule has 2 rings (SSSR count). The maximum absolute atomic E-state index is 12.4. The van der Waals surface area contributed by atoms with Crippen molar-refractivity contribution in [2.24, 2.45) is 0 Å². The molecule has 1 saturated heterocycles. The fourth-order valence-electron chi connectivity index (χ4n) is 2.72. The Morgan fingerprint density at radius 2 is 2.17 bits per heavy atom. The van der Waals surface area contributed by atoms with Crippen molar-refractivity contribution in [3.05, 3.63) is 11.7 Å². The van der Waals surface area contributed by atoms with E-state index >= 15 is 0 Å². The summed E-state index contributed by atoms with van der Waals surface area (Å²) in [5, 5.41) is 7.12. The molecule has 7 nitrogen and oxygen atoms in total. The van der Waals surface area contributed by atoms with Crippen LogP contribution in [0.15, 0.2) is 4.52 Å². The quantitative estimate of drug-likeness (QED) is 0.792. The molecule has 1 aromatic heterocycles. The van der Waals surface area contributed by atoms with Gasteiger partial charge in [0.25, 0.3) is 0 Å². The van der Waals surface area contributed by atoms with E-state index in [4.69, 9.17) is 4.52 Å². The van der Waals surface area contributed by atoms with Crippen LogP contribution >= 0.6 is 12.4 Å². The summed E-state index contributed by atoms with van der Waals surface area (Å²) in [6.07, 6.45) is 3.88. The zero-order valence-corrected chi connectivity index (χ0v) is 15.6. The van der Waals surface area contributed by atoms with Crippen molar-refractivity contribution in [2.45, 2.75) is 58.0 Å². The van der Waals surface area contributed by atoms with Crippen LogP contribution in [0.2, 0.25) is 0 Å². The van der Waals surface area contributed by atoms with E-state index in [-0.39, 0.29) is 30.2 Å². The lowest BCUT2D eigenvalue weighted by molar-refractivity contribution is 0.204. The lowest BCUT2D eigenvalue weighted by Gasteiger charge is -2.32. The van der Waals surface area contributed by atoms with Crippen molar-refractivity contribution < 1.29 is 12.9 Å². The van der Waals surface area contributed by atoms with Crippen LogP contribution in [-0.2, 0) is 16.4 Å². The van der Waals surface area contributed by atoms with Gasteiger partial charge in [-0.25, -0.2) is 8.42 Å². The molecule has 0 bridgehead atoms. The molecule has 0 saturated carbocycles. The maximum atomic E-state index is 12.4. The minimum Gasteiger partial charge on any atom is -0.338 e. The Morgan fingerprint density at radius 3 is 2.83 bits per heavy atom. The Labute approximate surface area is 144 Å². The normalized spacial score (nSPS) is 20.9. The van der Waals surface area contributed by atoms with Crippen LogP contribution in [0, 0.1) is 0 Å². The van der Waals surface area contributed by atoms with Gasteiger partial charge in [-0.2, -0.15) is 9.29 Å². The lowest BCUT2D eigenvalue weighted by atomic mass is 10.1. The van der Waals surface area contributed by atoms with E-state index in [1.165, 1.54) is 0 Å². The predicted octanol–water partition coefficient (Wildman–Crippen LogP) is 1.91. The predicted molar refractivity (Wildman–Crippen MR) is 91.1 cm³/mol. The molecule has 134 valence electrons. The number of sulfonamides is 1. The Kier molecular flexibility index (Phi) is 7.93. The number of rotatable bonds is 7.